The van der Waals surface area contributed by atoms with Crippen molar-refractivity contribution in [3.8, 4) is 17.2 Å². The molecule has 8 nitrogen and oxygen atoms in total. The van der Waals surface area contributed by atoms with Crippen molar-refractivity contribution >= 4 is 11.9 Å². The van der Waals surface area contributed by atoms with Gasteiger partial charge in [0.1, 0.15) is 12.3 Å². The van der Waals surface area contributed by atoms with Gasteiger partial charge >= 0.3 is 5.97 Å². The van der Waals surface area contributed by atoms with E-state index in [4.69, 9.17) is 13.9 Å². The molecule has 156 valence electrons. The first kappa shape index (κ1) is 21.0. The van der Waals surface area contributed by atoms with Crippen LogP contribution in [0.3, 0.4) is 0 Å². The first-order valence-corrected chi connectivity index (χ1v) is 9.40. The smallest absolute Gasteiger partial charge is 0.326 e. The van der Waals surface area contributed by atoms with Crippen LogP contribution in [0.5, 0.6) is 5.75 Å². The third-order valence-electron chi connectivity index (χ3n) is 4.60. The number of methoxy groups -OCH3 is 1. The Morgan fingerprint density at radius 2 is 1.80 bits per heavy atom. The molecule has 30 heavy (non-hydrogen) atoms. The van der Waals surface area contributed by atoms with Crippen LogP contribution in [-0.4, -0.2) is 35.7 Å². The lowest BCUT2D eigenvalue weighted by Crippen LogP contribution is -2.31. The lowest BCUT2D eigenvalue weighted by molar-refractivity contribution is -0.148. The summed E-state index contributed by atoms with van der Waals surface area (Å²) in [4.78, 5) is 24.3. The Labute approximate surface area is 174 Å². The van der Waals surface area contributed by atoms with Crippen molar-refractivity contribution in [2.24, 2.45) is 0 Å². The summed E-state index contributed by atoms with van der Waals surface area (Å²) >= 11 is 0. The molecule has 0 bridgehead atoms. The van der Waals surface area contributed by atoms with Crippen LogP contribution in [0.1, 0.15) is 40.4 Å². The Morgan fingerprint density at radius 1 is 1.07 bits per heavy atom. The third kappa shape index (κ3) is 5.02. The maximum absolute atomic E-state index is 12.2. The van der Waals surface area contributed by atoms with E-state index in [0.29, 0.717) is 22.8 Å². The summed E-state index contributed by atoms with van der Waals surface area (Å²) in [5, 5.41) is 10.5. The van der Waals surface area contributed by atoms with E-state index < -0.39 is 12.1 Å². The number of hydrogen-bond acceptors (Lipinski definition) is 7. The monoisotopic (exact) mass is 409 g/mol. The molecule has 0 saturated carbocycles. The highest BCUT2D eigenvalue weighted by molar-refractivity contribution is 5.96. The second-order valence-electron chi connectivity index (χ2n) is 6.79. The number of aryl methyl sites for hydroxylation is 2. The number of carbonyl (C=O) groups is 2. The highest BCUT2D eigenvalue weighted by Gasteiger charge is 2.19. The van der Waals surface area contributed by atoms with Crippen molar-refractivity contribution in [3.63, 3.8) is 0 Å². The molecular formula is C22H23N3O5. The van der Waals surface area contributed by atoms with Crippen LogP contribution in [0.2, 0.25) is 0 Å². The largest absolute Gasteiger partial charge is 0.497 e. The first-order chi connectivity index (χ1) is 14.4. The highest BCUT2D eigenvalue weighted by atomic mass is 16.6. The Morgan fingerprint density at radius 3 is 2.47 bits per heavy atom. The quantitative estimate of drug-likeness (QED) is 0.597. The number of hydrogen-bond donors (Lipinski definition) is 1. The minimum atomic E-state index is -0.754. The predicted octanol–water partition coefficient (Wildman–Crippen LogP) is 3.40. The van der Waals surface area contributed by atoms with Crippen molar-refractivity contribution in [2.75, 3.05) is 13.7 Å². The summed E-state index contributed by atoms with van der Waals surface area (Å²) in [5.74, 6) is 0.225. The number of aromatic nitrogens is 2. The Kier molecular flexibility index (Phi) is 6.46. The minimum absolute atomic E-state index is 0.162. The number of carbonyl (C=O) groups excluding carboxylic acids is 2. The first-order valence-electron chi connectivity index (χ1n) is 9.40. The van der Waals surface area contributed by atoms with E-state index in [-0.39, 0.29) is 18.3 Å². The molecule has 0 aliphatic heterocycles. The fraction of sp³-hybridized carbons (Fsp3) is 0.273. The van der Waals surface area contributed by atoms with Gasteiger partial charge in [-0.3, -0.25) is 9.59 Å². The number of rotatable bonds is 7. The van der Waals surface area contributed by atoms with E-state index in [9.17, 15) is 9.59 Å². The maximum atomic E-state index is 12.2. The maximum Gasteiger partial charge on any atom is 0.326 e. The fourth-order valence-electron chi connectivity index (χ4n) is 2.68. The van der Waals surface area contributed by atoms with Crippen LogP contribution in [0.25, 0.3) is 11.5 Å². The van der Waals surface area contributed by atoms with E-state index in [2.05, 4.69) is 15.5 Å². The summed E-state index contributed by atoms with van der Waals surface area (Å²) in [7, 11) is 1.58. The average molecular weight is 409 g/mol. The Hall–Kier alpha value is -3.68. The Balaban J connectivity index is 1.54. The second kappa shape index (κ2) is 9.21. The molecule has 0 saturated heterocycles. The molecule has 1 aromatic heterocycles. The molecule has 1 N–H and O–H groups in total. The Bertz CT molecular complexity index is 1040. The second-order valence-corrected chi connectivity index (χ2v) is 6.79. The zero-order valence-electron chi connectivity index (χ0n) is 17.3. The number of ether oxygens (including phenoxy) is 2. The van der Waals surface area contributed by atoms with Gasteiger partial charge in [-0.15, -0.1) is 10.2 Å². The zero-order valence-corrected chi connectivity index (χ0v) is 17.3. The van der Waals surface area contributed by atoms with Gasteiger partial charge in [-0.2, -0.15) is 0 Å². The minimum Gasteiger partial charge on any atom is -0.497 e. The number of amides is 1. The van der Waals surface area contributed by atoms with Crippen molar-refractivity contribution in [3.05, 3.63) is 65.0 Å². The van der Waals surface area contributed by atoms with Gasteiger partial charge in [0.05, 0.1) is 7.11 Å². The zero-order chi connectivity index (χ0) is 21.7. The van der Waals surface area contributed by atoms with Crippen LogP contribution >= 0.6 is 0 Å². The van der Waals surface area contributed by atoms with Crippen molar-refractivity contribution in [2.45, 2.75) is 26.9 Å². The molecule has 2 aromatic carbocycles. The summed E-state index contributed by atoms with van der Waals surface area (Å²) in [6.07, 6.45) is -0.754. The van der Waals surface area contributed by atoms with E-state index in [0.717, 1.165) is 11.1 Å². The van der Waals surface area contributed by atoms with E-state index in [1.165, 1.54) is 0 Å². The normalized spacial score (nSPS) is 11.6. The summed E-state index contributed by atoms with van der Waals surface area (Å²) < 4.78 is 16.0. The number of benzene rings is 2. The van der Waals surface area contributed by atoms with Gasteiger partial charge in [-0.25, -0.2) is 0 Å². The van der Waals surface area contributed by atoms with Gasteiger partial charge in [0, 0.05) is 11.1 Å². The molecular weight excluding hydrogens is 386 g/mol. The lowest BCUT2D eigenvalue weighted by atomic mass is 10.1. The number of esters is 1. The van der Waals surface area contributed by atoms with Gasteiger partial charge in [0.2, 0.25) is 5.89 Å². The van der Waals surface area contributed by atoms with Crippen molar-refractivity contribution in [1.29, 1.82) is 0 Å². The molecule has 1 amide bonds. The molecule has 1 atom stereocenters. The summed E-state index contributed by atoms with van der Waals surface area (Å²) in [6.45, 7) is 5.24. The lowest BCUT2D eigenvalue weighted by Gasteiger charge is -2.10. The van der Waals surface area contributed by atoms with E-state index in [1.54, 1.807) is 50.4 Å². The molecule has 0 radical (unpaired) electrons. The van der Waals surface area contributed by atoms with E-state index >= 15 is 0 Å². The standard InChI is InChI=1S/C22H23N3O5/c1-13-5-6-17(11-14(13)2)20(27)23-12-19(26)29-15(3)21-24-25-22(30-21)16-7-9-18(28-4)10-8-16/h5-11,15H,12H2,1-4H3,(H,23,27)/t15-/m1/s1. The molecule has 3 rings (SSSR count). The summed E-state index contributed by atoms with van der Waals surface area (Å²) in [6, 6.07) is 12.5. The SMILES string of the molecule is COc1ccc(-c2nnc([C@@H](C)OC(=O)CNC(=O)c3ccc(C)c(C)c3)o2)cc1. The summed E-state index contributed by atoms with van der Waals surface area (Å²) in [5.41, 5.74) is 3.30. The van der Waals surface area contributed by atoms with Crippen LogP contribution in [0.15, 0.2) is 46.9 Å². The molecule has 0 unspecified atom stereocenters. The van der Waals surface area contributed by atoms with Gasteiger partial charge < -0.3 is 19.2 Å². The molecule has 3 aromatic rings. The number of nitrogens with one attached hydrogen (secondary N) is 1. The predicted molar refractivity (Wildman–Crippen MR) is 109 cm³/mol. The van der Waals surface area contributed by atoms with Gasteiger partial charge in [0.15, 0.2) is 6.10 Å². The van der Waals surface area contributed by atoms with Crippen molar-refractivity contribution < 1.29 is 23.5 Å². The molecule has 0 spiro atoms. The molecule has 0 aliphatic rings. The van der Waals surface area contributed by atoms with Crippen LogP contribution < -0.4 is 10.1 Å². The third-order valence-corrected chi connectivity index (χ3v) is 4.60. The van der Waals surface area contributed by atoms with Crippen LogP contribution in [0, 0.1) is 13.8 Å². The van der Waals surface area contributed by atoms with E-state index in [1.807, 2.05) is 19.9 Å². The molecule has 0 fully saturated rings. The van der Waals surface area contributed by atoms with Crippen LogP contribution in [0.4, 0.5) is 0 Å². The highest BCUT2D eigenvalue weighted by Crippen LogP contribution is 2.24. The molecule has 0 aliphatic carbocycles. The van der Waals surface area contributed by atoms with Gasteiger partial charge in [-0.1, -0.05) is 6.07 Å². The number of nitrogens with zero attached hydrogens (tertiary/aromatic N) is 2. The van der Waals surface area contributed by atoms with Crippen LogP contribution in [-0.2, 0) is 9.53 Å². The van der Waals surface area contributed by atoms with Gasteiger partial charge in [-0.05, 0) is 68.3 Å². The fourth-order valence-corrected chi connectivity index (χ4v) is 2.68. The topological polar surface area (TPSA) is 104 Å². The van der Waals surface area contributed by atoms with Gasteiger partial charge in [0.25, 0.3) is 11.8 Å². The van der Waals surface area contributed by atoms with Crippen molar-refractivity contribution in [1.82, 2.24) is 15.5 Å². The average Bonchev–Trinajstić information content (AvgIpc) is 3.24. The molecule has 1 heterocycles. The molecule has 8 heteroatoms.